The topological polar surface area (TPSA) is 107 Å². The molecular formula is C18H17ClF2N4O4S. The number of halogens is 3. The summed E-state index contributed by atoms with van der Waals surface area (Å²) in [4.78, 5) is 7.97. The number of pyridine rings is 1. The molecule has 0 aliphatic rings. The van der Waals surface area contributed by atoms with E-state index in [1.165, 1.54) is 0 Å². The third kappa shape index (κ3) is 5.10. The molecule has 3 aromatic rings. The molecule has 3 rings (SSSR count). The van der Waals surface area contributed by atoms with E-state index in [2.05, 4.69) is 24.6 Å². The highest BCUT2D eigenvalue weighted by molar-refractivity contribution is 7.89. The lowest BCUT2D eigenvalue weighted by atomic mass is 10.1. The van der Waals surface area contributed by atoms with E-state index >= 15 is 0 Å². The maximum atomic E-state index is 12.8. The molecule has 0 unspecified atom stereocenters. The third-order valence-corrected chi connectivity index (χ3v) is 5.76. The number of nitrogens with zero attached hydrogens (tertiary/aromatic N) is 3. The van der Waals surface area contributed by atoms with Crippen LogP contribution in [-0.4, -0.2) is 30.2 Å². The lowest BCUT2D eigenvalue weighted by Gasteiger charge is -2.19. The van der Waals surface area contributed by atoms with Gasteiger partial charge in [-0.25, -0.2) is 8.42 Å². The first-order chi connectivity index (χ1) is 14.2. The van der Waals surface area contributed by atoms with Crippen molar-refractivity contribution in [3.05, 3.63) is 53.6 Å². The fourth-order valence-electron chi connectivity index (χ4n) is 2.53. The minimum Gasteiger partial charge on any atom is -0.433 e. The number of hydrogen-bond donors (Lipinski definition) is 1. The first-order valence-corrected chi connectivity index (χ1v) is 10.5. The fraction of sp³-hybridized carbons (Fsp3) is 0.278. The van der Waals surface area contributed by atoms with E-state index in [1.807, 2.05) is 0 Å². The molecular weight excluding hydrogens is 442 g/mol. The molecule has 0 saturated heterocycles. The van der Waals surface area contributed by atoms with Crippen molar-refractivity contribution in [2.45, 2.75) is 31.4 Å². The van der Waals surface area contributed by atoms with Gasteiger partial charge in [0.25, 0.3) is 0 Å². The van der Waals surface area contributed by atoms with Gasteiger partial charge in [0.1, 0.15) is 11.8 Å². The van der Waals surface area contributed by atoms with Crippen molar-refractivity contribution in [3.8, 4) is 17.1 Å². The van der Waals surface area contributed by atoms with Gasteiger partial charge in [0, 0.05) is 18.0 Å². The van der Waals surface area contributed by atoms with Crippen LogP contribution in [0.1, 0.15) is 25.8 Å². The quantitative estimate of drug-likeness (QED) is 0.542. The highest BCUT2D eigenvalue weighted by atomic mass is 35.5. The molecule has 0 spiro atoms. The number of sulfonamides is 1. The van der Waals surface area contributed by atoms with Crippen LogP contribution < -0.4 is 9.46 Å². The molecule has 0 aliphatic carbocycles. The molecule has 0 saturated carbocycles. The van der Waals surface area contributed by atoms with Gasteiger partial charge in [0.15, 0.2) is 0 Å². The van der Waals surface area contributed by atoms with Crippen LogP contribution in [0, 0.1) is 5.92 Å². The van der Waals surface area contributed by atoms with Gasteiger partial charge in [0.05, 0.1) is 9.92 Å². The Balaban J connectivity index is 1.86. The molecule has 1 atom stereocenters. The molecule has 1 N–H and O–H groups in total. The normalized spacial score (nSPS) is 13.0. The molecule has 0 amide bonds. The molecule has 1 aromatic carbocycles. The van der Waals surface area contributed by atoms with Crippen molar-refractivity contribution in [3.63, 3.8) is 0 Å². The molecule has 0 radical (unpaired) electrons. The second-order valence-corrected chi connectivity index (χ2v) is 8.63. The number of aromatic nitrogens is 3. The smallest absolute Gasteiger partial charge is 0.387 e. The highest BCUT2D eigenvalue weighted by Gasteiger charge is 2.29. The van der Waals surface area contributed by atoms with Crippen molar-refractivity contribution in [2.24, 2.45) is 5.92 Å². The van der Waals surface area contributed by atoms with Crippen LogP contribution in [0.5, 0.6) is 5.75 Å². The summed E-state index contributed by atoms with van der Waals surface area (Å²) < 4.78 is 62.4. The summed E-state index contributed by atoms with van der Waals surface area (Å²) >= 11 is 5.87. The Bertz CT molecular complexity index is 1110. The monoisotopic (exact) mass is 458 g/mol. The van der Waals surface area contributed by atoms with Gasteiger partial charge in [-0.15, -0.1) is 0 Å². The van der Waals surface area contributed by atoms with Gasteiger partial charge < -0.3 is 9.26 Å². The molecule has 160 valence electrons. The molecule has 0 aliphatic heterocycles. The molecule has 0 fully saturated rings. The number of rotatable bonds is 8. The van der Waals surface area contributed by atoms with Crippen molar-refractivity contribution in [1.82, 2.24) is 19.8 Å². The van der Waals surface area contributed by atoms with E-state index < -0.39 is 22.7 Å². The molecule has 12 heteroatoms. The SMILES string of the molecule is CC(C)[C@@H](NS(=O)(=O)c1ccc(OC(F)F)c(Cl)c1)c1nc(-c2ccncc2)no1. The number of alkyl halides is 2. The van der Waals surface area contributed by atoms with E-state index in [1.54, 1.807) is 38.4 Å². The van der Waals surface area contributed by atoms with E-state index in [0.29, 0.717) is 5.56 Å². The summed E-state index contributed by atoms with van der Waals surface area (Å²) in [7, 11) is -4.09. The van der Waals surface area contributed by atoms with Gasteiger partial charge in [-0.2, -0.15) is 18.5 Å². The van der Waals surface area contributed by atoms with Crippen LogP contribution in [0.2, 0.25) is 5.02 Å². The van der Waals surface area contributed by atoms with Crippen molar-refractivity contribution >= 4 is 21.6 Å². The zero-order valence-corrected chi connectivity index (χ0v) is 17.4. The van der Waals surface area contributed by atoms with E-state index in [-0.39, 0.29) is 33.3 Å². The summed E-state index contributed by atoms with van der Waals surface area (Å²) in [5.41, 5.74) is 0.659. The fourth-order valence-corrected chi connectivity index (χ4v) is 4.18. The molecule has 0 bridgehead atoms. The summed E-state index contributed by atoms with van der Waals surface area (Å²) in [5, 5.41) is 3.62. The summed E-state index contributed by atoms with van der Waals surface area (Å²) in [5.74, 6) is -0.217. The van der Waals surface area contributed by atoms with Crippen LogP contribution >= 0.6 is 11.6 Å². The van der Waals surface area contributed by atoms with E-state index in [9.17, 15) is 17.2 Å². The van der Waals surface area contributed by atoms with Crippen LogP contribution in [0.4, 0.5) is 8.78 Å². The molecule has 2 heterocycles. The minimum absolute atomic E-state index is 0.0733. The number of benzene rings is 1. The zero-order chi connectivity index (χ0) is 21.9. The lowest BCUT2D eigenvalue weighted by Crippen LogP contribution is -2.32. The Morgan fingerprint density at radius 1 is 1.17 bits per heavy atom. The van der Waals surface area contributed by atoms with Gasteiger partial charge in [0.2, 0.25) is 21.7 Å². The Kier molecular flexibility index (Phi) is 6.64. The van der Waals surface area contributed by atoms with Crippen molar-refractivity contribution in [2.75, 3.05) is 0 Å². The van der Waals surface area contributed by atoms with Crippen LogP contribution in [0.3, 0.4) is 0 Å². The van der Waals surface area contributed by atoms with Crippen molar-refractivity contribution < 1.29 is 26.5 Å². The van der Waals surface area contributed by atoms with E-state index in [4.69, 9.17) is 16.1 Å². The standard InChI is InChI=1S/C18H17ClF2N4O4S/c1-10(2)15(17-23-16(24-29-17)11-5-7-22-8-6-11)25-30(26,27)12-3-4-14(13(19)9-12)28-18(20)21/h3-10,15,18,25H,1-2H3/t15-/m1/s1. The van der Waals surface area contributed by atoms with Gasteiger partial charge >= 0.3 is 6.61 Å². The summed E-state index contributed by atoms with van der Waals surface area (Å²) in [6.45, 7) is 0.465. The van der Waals surface area contributed by atoms with Gasteiger partial charge in [-0.05, 0) is 36.2 Å². The first kappa shape index (κ1) is 22.1. The predicted octanol–water partition coefficient (Wildman–Crippen LogP) is 4.06. The Morgan fingerprint density at radius 3 is 2.47 bits per heavy atom. The number of ether oxygens (including phenoxy) is 1. The average molecular weight is 459 g/mol. The Labute approximate surface area is 176 Å². The first-order valence-electron chi connectivity index (χ1n) is 8.68. The average Bonchev–Trinajstić information content (AvgIpc) is 3.17. The molecule has 8 nitrogen and oxygen atoms in total. The zero-order valence-electron chi connectivity index (χ0n) is 15.8. The van der Waals surface area contributed by atoms with Crippen LogP contribution in [-0.2, 0) is 10.0 Å². The number of hydrogen-bond acceptors (Lipinski definition) is 7. The maximum Gasteiger partial charge on any atom is 0.387 e. The second kappa shape index (κ2) is 9.02. The van der Waals surface area contributed by atoms with Gasteiger partial charge in [-0.3, -0.25) is 4.98 Å². The number of nitrogens with one attached hydrogen (secondary N) is 1. The second-order valence-electron chi connectivity index (χ2n) is 6.51. The highest BCUT2D eigenvalue weighted by Crippen LogP contribution is 2.30. The lowest BCUT2D eigenvalue weighted by molar-refractivity contribution is -0.0498. The van der Waals surface area contributed by atoms with Crippen molar-refractivity contribution in [1.29, 1.82) is 0 Å². The molecule has 2 aromatic heterocycles. The molecule has 30 heavy (non-hydrogen) atoms. The predicted molar refractivity (Wildman–Crippen MR) is 104 cm³/mol. The minimum atomic E-state index is -4.09. The largest absolute Gasteiger partial charge is 0.433 e. The third-order valence-electron chi connectivity index (χ3n) is 4.02. The van der Waals surface area contributed by atoms with Crippen LogP contribution in [0.15, 0.2) is 52.1 Å². The Hall–Kier alpha value is -2.63. The van der Waals surface area contributed by atoms with E-state index in [0.717, 1.165) is 18.2 Å². The van der Waals surface area contributed by atoms with Crippen LogP contribution in [0.25, 0.3) is 11.4 Å². The van der Waals surface area contributed by atoms with Gasteiger partial charge in [-0.1, -0.05) is 30.6 Å². The summed E-state index contributed by atoms with van der Waals surface area (Å²) in [6.07, 6.45) is 3.14. The summed E-state index contributed by atoms with van der Waals surface area (Å²) in [6, 6.07) is 5.73. The Morgan fingerprint density at radius 2 is 1.87 bits per heavy atom. The maximum absolute atomic E-state index is 12.8.